The van der Waals surface area contributed by atoms with Gasteiger partial charge in [-0.1, -0.05) is 62.1 Å². The van der Waals surface area contributed by atoms with E-state index in [4.69, 9.17) is 4.74 Å². The molecule has 45 heavy (non-hydrogen) atoms. The largest absolute Gasteiger partial charge is 0.479 e. The molecule has 5 atom stereocenters. The van der Waals surface area contributed by atoms with E-state index in [2.05, 4.69) is 16.0 Å². The van der Waals surface area contributed by atoms with Gasteiger partial charge in [-0.15, -0.1) is 0 Å². The summed E-state index contributed by atoms with van der Waals surface area (Å²) in [6.07, 6.45) is 10.2. The molecule has 3 aliphatic heterocycles. The SMILES string of the molecule is O=C(NC1CCCC1)N[C@H]1CCCCC/C=C\[C@H]2C[C@@]2(C(=O)O)NC(=O)[C@@H]2C[C@@H](OC(=O)N3Cc4ccccc4C3)CN2C1=O. The molecule has 4 N–H and O–H groups in total. The van der Waals surface area contributed by atoms with Gasteiger partial charge in [0, 0.05) is 31.5 Å². The highest BCUT2D eigenvalue weighted by molar-refractivity contribution is 5.96. The van der Waals surface area contributed by atoms with Gasteiger partial charge in [0.15, 0.2) is 0 Å². The molecule has 6 rings (SSSR count). The van der Waals surface area contributed by atoms with Gasteiger partial charge in [0.1, 0.15) is 23.7 Å². The maximum Gasteiger partial charge on any atom is 0.410 e. The summed E-state index contributed by atoms with van der Waals surface area (Å²) in [6.45, 7) is 0.786. The second-order valence-electron chi connectivity index (χ2n) is 13.2. The van der Waals surface area contributed by atoms with E-state index >= 15 is 0 Å². The molecule has 2 aliphatic carbocycles. The zero-order chi connectivity index (χ0) is 31.6. The van der Waals surface area contributed by atoms with Crippen molar-refractivity contribution in [3.63, 3.8) is 0 Å². The molecule has 3 heterocycles. The molecule has 1 aromatic rings. The fraction of sp³-hybridized carbons (Fsp3) is 0.606. The molecule has 242 valence electrons. The summed E-state index contributed by atoms with van der Waals surface area (Å²) in [4.78, 5) is 69.4. The van der Waals surface area contributed by atoms with Crippen molar-refractivity contribution in [3.8, 4) is 0 Å². The molecule has 2 saturated carbocycles. The number of carbonyl (C=O) groups is 5. The summed E-state index contributed by atoms with van der Waals surface area (Å²) < 4.78 is 5.87. The Bertz CT molecular complexity index is 1340. The van der Waals surface area contributed by atoms with Gasteiger partial charge in [-0.2, -0.15) is 0 Å². The summed E-state index contributed by atoms with van der Waals surface area (Å²) in [5.41, 5.74) is 0.650. The Kier molecular flexibility index (Phi) is 9.00. The van der Waals surface area contributed by atoms with Crippen molar-refractivity contribution in [1.29, 1.82) is 0 Å². The first-order valence-corrected chi connectivity index (χ1v) is 16.4. The van der Waals surface area contributed by atoms with Crippen LogP contribution in [0.4, 0.5) is 9.59 Å². The van der Waals surface area contributed by atoms with Crippen LogP contribution in [0.15, 0.2) is 36.4 Å². The minimum Gasteiger partial charge on any atom is -0.479 e. The Balaban J connectivity index is 1.20. The third-order valence-corrected chi connectivity index (χ3v) is 9.98. The molecule has 0 spiro atoms. The maximum absolute atomic E-state index is 14.1. The van der Waals surface area contributed by atoms with E-state index in [-0.39, 0.29) is 31.3 Å². The van der Waals surface area contributed by atoms with Gasteiger partial charge < -0.3 is 30.7 Å². The number of nitrogens with zero attached hydrogens (tertiary/aromatic N) is 2. The summed E-state index contributed by atoms with van der Waals surface area (Å²) >= 11 is 0. The standard InChI is InChI=1S/C33H43N5O7/c39-28-27-16-25(45-32(44)37-18-21-10-6-7-11-22(21)19-37)20-38(27)29(40)26(35-31(43)34-24-13-8-9-14-24)15-5-3-1-2-4-12-23-17-33(23,36-28)30(41)42/h4,6-7,10-12,23-27H,1-3,5,8-9,13-20H2,(H,36,39)(H,41,42)(H2,34,35,43)/b12-4-/t23-,25+,26-,27-,33+/m0/s1. The first-order chi connectivity index (χ1) is 21.7. The molecule has 5 amide bonds. The fourth-order valence-electron chi connectivity index (χ4n) is 7.28. The lowest BCUT2D eigenvalue weighted by molar-refractivity contribution is -0.145. The Morgan fingerprint density at radius 2 is 1.67 bits per heavy atom. The van der Waals surface area contributed by atoms with E-state index in [1.807, 2.05) is 36.4 Å². The molecule has 1 saturated heterocycles. The number of urea groups is 1. The number of carbonyl (C=O) groups excluding carboxylic acids is 4. The molecule has 0 bridgehead atoms. The minimum absolute atomic E-state index is 0.0291. The van der Waals surface area contributed by atoms with E-state index in [9.17, 15) is 29.1 Å². The van der Waals surface area contributed by atoms with Crippen LogP contribution in [-0.4, -0.2) is 81.1 Å². The summed E-state index contributed by atoms with van der Waals surface area (Å²) in [5.74, 6) is -2.49. The average molecular weight is 622 g/mol. The molecule has 5 aliphatic rings. The van der Waals surface area contributed by atoms with Crippen LogP contribution < -0.4 is 16.0 Å². The van der Waals surface area contributed by atoms with E-state index < -0.39 is 53.6 Å². The first-order valence-electron chi connectivity index (χ1n) is 16.4. The number of benzene rings is 1. The summed E-state index contributed by atoms with van der Waals surface area (Å²) in [7, 11) is 0. The Morgan fingerprint density at radius 3 is 2.38 bits per heavy atom. The molecular formula is C33H43N5O7. The smallest absolute Gasteiger partial charge is 0.410 e. The number of ether oxygens (including phenoxy) is 1. The van der Waals surface area contributed by atoms with Crippen LogP contribution in [0.5, 0.6) is 0 Å². The van der Waals surface area contributed by atoms with Gasteiger partial charge in [0.25, 0.3) is 0 Å². The second kappa shape index (κ2) is 13.1. The zero-order valence-corrected chi connectivity index (χ0v) is 25.5. The maximum atomic E-state index is 14.1. The number of aliphatic carboxylic acids is 1. The van der Waals surface area contributed by atoms with E-state index in [1.165, 1.54) is 4.90 Å². The number of carboxylic acid groups (broad SMARTS) is 1. The average Bonchev–Trinajstić information content (AvgIpc) is 3.43. The van der Waals surface area contributed by atoms with Crippen LogP contribution in [0.25, 0.3) is 0 Å². The monoisotopic (exact) mass is 621 g/mol. The lowest BCUT2D eigenvalue weighted by atomic mass is 10.0. The highest BCUT2D eigenvalue weighted by Gasteiger charge is 2.61. The van der Waals surface area contributed by atoms with Gasteiger partial charge >= 0.3 is 18.1 Å². The lowest BCUT2D eigenvalue weighted by Crippen LogP contribution is -2.57. The Labute approximate surface area is 262 Å². The number of carboxylic acids is 1. The van der Waals surface area contributed by atoms with Crippen molar-refractivity contribution in [2.24, 2.45) is 5.92 Å². The Morgan fingerprint density at radius 1 is 0.956 bits per heavy atom. The molecule has 0 unspecified atom stereocenters. The summed E-state index contributed by atoms with van der Waals surface area (Å²) in [5, 5.41) is 18.7. The normalized spacial score (nSPS) is 31.0. The van der Waals surface area contributed by atoms with Crippen molar-refractivity contribution in [2.45, 2.75) is 113 Å². The van der Waals surface area contributed by atoms with Crippen LogP contribution in [0.1, 0.15) is 81.8 Å². The van der Waals surface area contributed by atoms with Crippen molar-refractivity contribution in [3.05, 3.63) is 47.5 Å². The van der Waals surface area contributed by atoms with E-state index in [0.29, 0.717) is 25.9 Å². The minimum atomic E-state index is -1.43. The number of rotatable bonds is 4. The predicted octanol–water partition coefficient (Wildman–Crippen LogP) is 3.20. The van der Waals surface area contributed by atoms with Gasteiger partial charge in [0.2, 0.25) is 11.8 Å². The highest BCUT2D eigenvalue weighted by atomic mass is 16.6. The van der Waals surface area contributed by atoms with Crippen LogP contribution >= 0.6 is 0 Å². The van der Waals surface area contributed by atoms with Gasteiger partial charge in [0.05, 0.1) is 6.54 Å². The van der Waals surface area contributed by atoms with Crippen LogP contribution in [0.2, 0.25) is 0 Å². The topological polar surface area (TPSA) is 157 Å². The van der Waals surface area contributed by atoms with Gasteiger partial charge in [-0.25, -0.2) is 14.4 Å². The van der Waals surface area contributed by atoms with Crippen LogP contribution in [0.3, 0.4) is 0 Å². The highest BCUT2D eigenvalue weighted by Crippen LogP contribution is 2.45. The number of allylic oxidation sites excluding steroid dienone is 1. The van der Waals surface area contributed by atoms with Gasteiger partial charge in [-0.05, 0) is 49.7 Å². The molecule has 12 nitrogen and oxygen atoms in total. The lowest BCUT2D eigenvalue weighted by Gasteiger charge is -2.29. The third-order valence-electron chi connectivity index (χ3n) is 9.98. The van der Waals surface area contributed by atoms with Crippen molar-refractivity contribution in [1.82, 2.24) is 25.8 Å². The molecule has 12 heteroatoms. The number of amides is 5. The van der Waals surface area contributed by atoms with Crippen molar-refractivity contribution < 1.29 is 33.8 Å². The number of nitrogens with one attached hydrogen (secondary N) is 3. The van der Waals surface area contributed by atoms with Crippen LogP contribution in [-0.2, 0) is 32.2 Å². The Hall–Kier alpha value is -4.09. The van der Waals surface area contributed by atoms with Gasteiger partial charge in [-0.3, -0.25) is 14.5 Å². The van der Waals surface area contributed by atoms with Crippen LogP contribution in [0, 0.1) is 5.92 Å². The predicted molar refractivity (Wildman–Crippen MR) is 163 cm³/mol. The summed E-state index contributed by atoms with van der Waals surface area (Å²) in [6, 6.07) is 5.49. The fourth-order valence-corrected chi connectivity index (χ4v) is 7.28. The molecule has 0 aromatic heterocycles. The number of hydrogen-bond donors (Lipinski definition) is 4. The molecular weight excluding hydrogens is 578 g/mol. The van der Waals surface area contributed by atoms with E-state index in [1.54, 1.807) is 4.90 Å². The first kappa shape index (κ1) is 30.9. The third kappa shape index (κ3) is 6.79. The van der Waals surface area contributed by atoms with E-state index in [0.717, 1.165) is 56.1 Å². The second-order valence-corrected chi connectivity index (χ2v) is 13.2. The number of hydrogen-bond acceptors (Lipinski definition) is 6. The molecule has 3 fully saturated rings. The zero-order valence-electron chi connectivity index (χ0n) is 25.5. The number of fused-ring (bicyclic) bond motifs is 3. The van der Waals surface area contributed by atoms with Crippen molar-refractivity contribution >= 4 is 29.9 Å². The molecule has 0 radical (unpaired) electrons. The molecule has 1 aromatic carbocycles. The quantitative estimate of drug-likeness (QED) is 0.376. The van der Waals surface area contributed by atoms with Crippen molar-refractivity contribution in [2.75, 3.05) is 6.54 Å².